The van der Waals surface area contributed by atoms with Crippen LogP contribution in [-0.4, -0.2) is 43.0 Å². The van der Waals surface area contributed by atoms with Gasteiger partial charge in [-0.1, -0.05) is 6.07 Å². The monoisotopic (exact) mass is 424 g/mol. The fourth-order valence-corrected chi connectivity index (χ4v) is 3.28. The predicted molar refractivity (Wildman–Crippen MR) is 114 cm³/mol. The summed E-state index contributed by atoms with van der Waals surface area (Å²) in [5.74, 6) is 1.74. The van der Waals surface area contributed by atoms with E-state index in [2.05, 4.69) is 15.5 Å². The molecular weight excluding hydrogens is 403 g/mol. The summed E-state index contributed by atoms with van der Waals surface area (Å²) < 4.78 is 37.1. The van der Waals surface area contributed by atoms with Crippen molar-refractivity contribution < 1.29 is 23.3 Å². The van der Waals surface area contributed by atoms with Gasteiger partial charge in [-0.2, -0.15) is 0 Å². The van der Waals surface area contributed by atoms with E-state index in [0.29, 0.717) is 40.1 Å². The Hall–Kier alpha value is -4.01. The highest BCUT2D eigenvalue weighted by Gasteiger charge is 2.15. The van der Waals surface area contributed by atoms with Crippen LogP contribution in [0, 0.1) is 5.82 Å². The largest absolute Gasteiger partial charge is 0.494 e. The Balaban J connectivity index is 1.73. The van der Waals surface area contributed by atoms with Crippen molar-refractivity contribution in [1.82, 2.24) is 14.6 Å². The summed E-state index contributed by atoms with van der Waals surface area (Å²) in [5.41, 5.74) is 2.80. The first-order chi connectivity index (χ1) is 15.1. The number of hydrogen-bond donors (Lipinski definition) is 1. The molecule has 0 spiro atoms. The zero-order chi connectivity index (χ0) is 22.0. The van der Waals surface area contributed by atoms with Gasteiger partial charge in [-0.15, -0.1) is 10.2 Å². The molecule has 4 aromatic rings. The first-order valence-corrected chi connectivity index (χ1v) is 9.33. The first-order valence-electron chi connectivity index (χ1n) is 9.33. The van der Waals surface area contributed by atoms with Gasteiger partial charge in [0.05, 0.1) is 28.4 Å². The second-order valence-electron chi connectivity index (χ2n) is 6.56. The van der Waals surface area contributed by atoms with Crippen LogP contribution in [0.4, 0.5) is 16.0 Å². The van der Waals surface area contributed by atoms with Crippen molar-refractivity contribution >= 4 is 17.3 Å². The van der Waals surface area contributed by atoms with Crippen LogP contribution in [0.25, 0.3) is 16.8 Å². The van der Waals surface area contributed by atoms with Crippen LogP contribution in [0.15, 0.2) is 48.7 Å². The van der Waals surface area contributed by atoms with Crippen molar-refractivity contribution in [3.05, 3.63) is 54.5 Å². The number of hydrogen-bond acceptors (Lipinski definition) is 7. The molecule has 0 aliphatic heterocycles. The molecule has 2 heterocycles. The minimum Gasteiger partial charge on any atom is -0.494 e. The summed E-state index contributed by atoms with van der Waals surface area (Å²) in [6.45, 7) is 0. The Bertz CT molecular complexity index is 1220. The normalized spacial score (nSPS) is 10.7. The molecule has 160 valence electrons. The minimum absolute atomic E-state index is 0.193. The highest BCUT2D eigenvalue weighted by Crippen LogP contribution is 2.40. The number of pyridine rings is 1. The van der Waals surface area contributed by atoms with Gasteiger partial charge in [-0.05, 0) is 35.4 Å². The minimum atomic E-state index is -0.431. The number of rotatable bonds is 7. The van der Waals surface area contributed by atoms with Gasteiger partial charge >= 0.3 is 0 Å². The Kier molecular flexibility index (Phi) is 5.48. The number of halogens is 1. The molecule has 8 nitrogen and oxygen atoms in total. The zero-order valence-corrected chi connectivity index (χ0v) is 17.5. The number of nitrogens with zero attached hydrogens (tertiary/aromatic N) is 3. The fraction of sp³-hybridized carbons (Fsp3) is 0.182. The smallest absolute Gasteiger partial charge is 0.233 e. The summed E-state index contributed by atoms with van der Waals surface area (Å²) in [4.78, 5) is 0. The van der Waals surface area contributed by atoms with Gasteiger partial charge in [-0.25, -0.2) is 4.39 Å². The van der Waals surface area contributed by atoms with Crippen molar-refractivity contribution in [2.75, 3.05) is 33.8 Å². The van der Waals surface area contributed by atoms with Crippen LogP contribution >= 0.6 is 0 Å². The third-order valence-corrected chi connectivity index (χ3v) is 4.81. The third kappa shape index (κ3) is 3.77. The van der Waals surface area contributed by atoms with Crippen molar-refractivity contribution in [2.45, 2.75) is 0 Å². The van der Waals surface area contributed by atoms with Gasteiger partial charge in [0.15, 0.2) is 28.7 Å². The molecule has 31 heavy (non-hydrogen) atoms. The van der Waals surface area contributed by atoms with Gasteiger partial charge < -0.3 is 24.3 Å². The molecule has 0 radical (unpaired) electrons. The van der Waals surface area contributed by atoms with E-state index in [4.69, 9.17) is 18.9 Å². The topological polar surface area (TPSA) is 79.1 Å². The van der Waals surface area contributed by atoms with Gasteiger partial charge in [-0.3, -0.25) is 4.40 Å². The number of aromatic nitrogens is 3. The Morgan fingerprint density at radius 1 is 0.774 bits per heavy atom. The number of nitrogens with one attached hydrogen (secondary N) is 1. The van der Waals surface area contributed by atoms with E-state index in [0.717, 1.165) is 5.56 Å². The highest BCUT2D eigenvalue weighted by molar-refractivity contribution is 5.69. The summed E-state index contributed by atoms with van der Waals surface area (Å²) in [5, 5.41) is 11.6. The SMILES string of the molecule is COc1ccc(-c2ccc3nnc(Nc4cc(OC)c(OC)c(OC)c4)n3c2)cc1F. The van der Waals surface area contributed by atoms with E-state index in [1.165, 1.54) is 13.2 Å². The van der Waals surface area contributed by atoms with Crippen molar-refractivity contribution in [3.8, 4) is 34.1 Å². The quantitative estimate of drug-likeness (QED) is 0.473. The van der Waals surface area contributed by atoms with E-state index < -0.39 is 5.82 Å². The molecule has 0 amide bonds. The molecule has 1 N–H and O–H groups in total. The lowest BCUT2D eigenvalue weighted by Crippen LogP contribution is -2.00. The second kappa shape index (κ2) is 8.39. The highest BCUT2D eigenvalue weighted by atomic mass is 19.1. The van der Waals surface area contributed by atoms with Crippen LogP contribution in [-0.2, 0) is 0 Å². The summed E-state index contributed by atoms with van der Waals surface area (Å²) in [6, 6.07) is 12.0. The number of ether oxygens (including phenoxy) is 4. The van der Waals surface area contributed by atoms with Gasteiger partial charge in [0.25, 0.3) is 0 Å². The fourth-order valence-electron chi connectivity index (χ4n) is 3.28. The lowest BCUT2D eigenvalue weighted by Gasteiger charge is -2.14. The van der Waals surface area contributed by atoms with Gasteiger partial charge in [0.1, 0.15) is 0 Å². The number of benzene rings is 2. The van der Waals surface area contributed by atoms with E-state index in [1.54, 1.807) is 50.0 Å². The van der Waals surface area contributed by atoms with Crippen LogP contribution in [0.3, 0.4) is 0 Å². The standard InChI is InChI=1S/C22H21FN4O4/c1-28-17-7-5-13(9-16(17)23)14-6-8-20-25-26-22(27(20)12-14)24-15-10-18(29-2)21(31-4)19(11-15)30-3/h5-12H,1-4H3,(H,24,26). The molecule has 0 atom stereocenters. The average Bonchev–Trinajstić information content (AvgIpc) is 3.20. The molecule has 0 fully saturated rings. The number of anilines is 2. The Morgan fingerprint density at radius 3 is 2.06 bits per heavy atom. The molecule has 2 aromatic heterocycles. The summed E-state index contributed by atoms with van der Waals surface area (Å²) in [7, 11) is 6.08. The Labute approximate surface area is 178 Å². The Morgan fingerprint density at radius 2 is 1.45 bits per heavy atom. The van der Waals surface area contributed by atoms with Crippen LogP contribution < -0.4 is 24.3 Å². The maximum absolute atomic E-state index is 14.2. The van der Waals surface area contributed by atoms with Crippen molar-refractivity contribution in [3.63, 3.8) is 0 Å². The summed E-state index contributed by atoms with van der Waals surface area (Å²) >= 11 is 0. The van der Waals surface area contributed by atoms with E-state index >= 15 is 0 Å². The van der Waals surface area contributed by atoms with E-state index in [1.807, 2.05) is 18.3 Å². The molecule has 4 rings (SSSR count). The lowest BCUT2D eigenvalue weighted by atomic mass is 10.1. The van der Waals surface area contributed by atoms with Crippen molar-refractivity contribution in [2.24, 2.45) is 0 Å². The van der Waals surface area contributed by atoms with Gasteiger partial charge in [0.2, 0.25) is 11.7 Å². The number of fused-ring (bicyclic) bond motifs is 1. The molecule has 2 aromatic carbocycles. The van der Waals surface area contributed by atoms with E-state index in [9.17, 15) is 4.39 Å². The average molecular weight is 424 g/mol. The van der Waals surface area contributed by atoms with Crippen molar-refractivity contribution in [1.29, 1.82) is 0 Å². The maximum Gasteiger partial charge on any atom is 0.233 e. The lowest BCUT2D eigenvalue weighted by molar-refractivity contribution is 0.324. The maximum atomic E-state index is 14.2. The molecule has 0 saturated carbocycles. The van der Waals surface area contributed by atoms with Crippen LogP contribution in [0.1, 0.15) is 0 Å². The second-order valence-corrected chi connectivity index (χ2v) is 6.56. The van der Waals surface area contributed by atoms with Crippen LogP contribution in [0.2, 0.25) is 0 Å². The first kappa shape index (κ1) is 20.3. The predicted octanol–water partition coefficient (Wildman–Crippen LogP) is 4.31. The number of methoxy groups -OCH3 is 4. The van der Waals surface area contributed by atoms with Crippen LogP contribution in [0.5, 0.6) is 23.0 Å². The molecule has 0 bridgehead atoms. The molecular formula is C22H21FN4O4. The van der Waals surface area contributed by atoms with E-state index in [-0.39, 0.29) is 5.75 Å². The molecule has 9 heteroatoms. The summed E-state index contributed by atoms with van der Waals surface area (Å²) in [6.07, 6.45) is 1.83. The molecule has 0 aliphatic carbocycles. The molecule has 0 aliphatic rings. The molecule has 0 saturated heterocycles. The zero-order valence-electron chi connectivity index (χ0n) is 17.5. The van der Waals surface area contributed by atoms with Gasteiger partial charge in [0, 0.05) is 24.0 Å². The molecule has 0 unspecified atom stereocenters. The third-order valence-electron chi connectivity index (χ3n) is 4.81.